The monoisotopic (exact) mass is 219 g/mol. The van der Waals surface area contributed by atoms with Crippen molar-refractivity contribution >= 4 is 11.6 Å². The molecule has 0 fully saturated rings. The summed E-state index contributed by atoms with van der Waals surface area (Å²) in [6, 6.07) is 8.11. The van der Waals surface area contributed by atoms with Crippen LogP contribution in [0.15, 0.2) is 24.3 Å². The van der Waals surface area contributed by atoms with Crippen LogP contribution in [0.1, 0.15) is 39.2 Å². The van der Waals surface area contributed by atoms with Crippen molar-refractivity contribution in [1.29, 1.82) is 0 Å². The highest BCUT2D eigenvalue weighted by atomic mass is 16.1. The molecule has 1 unspecified atom stereocenters. The summed E-state index contributed by atoms with van der Waals surface area (Å²) in [6.07, 6.45) is 3.12. The molecule has 2 nitrogen and oxygen atoms in total. The van der Waals surface area contributed by atoms with E-state index in [1.807, 2.05) is 26.0 Å². The van der Waals surface area contributed by atoms with E-state index in [-0.39, 0.29) is 11.8 Å². The Hall–Kier alpha value is -1.31. The largest absolute Gasteiger partial charge is 0.326 e. The average molecular weight is 219 g/mol. The molecule has 0 saturated carbocycles. The first-order valence-electron chi connectivity index (χ1n) is 6.07. The van der Waals surface area contributed by atoms with Gasteiger partial charge in [0, 0.05) is 11.6 Å². The van der Waals surface area contributed by atoms with Gasteiger partial charge in [-0.05, 0) is 30.5 Å². The van der Waals surface area contributed by atoms with Gasteiger partial charge < -0.3 is 5.32 Å². The second kappa shape index (κ2) is 6.31. The van der Waals surface area contributed by atoms with Crippen molar-refractivity contribution in [1.82, 2.24) is 0 Å². The fourth-order valence-corrected chi connectivity index (χ4v) is 1.49. The molecular formula is C14H21NO. The molecule has 0 aliphatic carbocycles. The topological polar surface area (TPSA) is 29.1 Å². The van der Waals surface area contributed by atoms with E-state index in [0.717, 1.165) is 24.9 Å². The van der Waals surface area contributed by atoms with Crippen LogP contribution in [-0.4, -0.2) is 5.91 Å². The number of benzene rings is 1. The normalized spacial score (nSPS) is 12.2. The number of aryl methyl sites for hydroxylation is 1. The Labute approximate surface area is 98.1 Å². The molecule has 0 spiro atoms. The molecule has 0 aromatic heterocycles. The number of amides is 1. The van der Waals surface area contributed by atoms with Crippen molar-refractivity contribution < 1.29 is 4.79 Å². The summed E-state index contributed by atoms with van der Waals surface area (Å²) < 4.78 is 0. The van der Waals surface area contributed by atoms with Gasteiger partial charge in [0.1, 0.15) is 0 Å². The fraction of sp³-hybridized carbons (Fsp3) is 0.500. The van der Waals surface area contributed by atoms with Crippen LogP contribution in [0.5, 0.6) is 0 Å². The van der Waals surface area contributed by atoms with Crippen molar-refractivity contribution in [3.05, 3.63) is 29.8 Å². The van der Waals surface area contributed by atoms with Gasteiger partial charge in [-0.3, -0.25) is 4.79 Å². The van der Waals surface area contributed by atoms with E-state index in [0.29, 0.717) is 0 Å². The Kier molecular flexibility index (Phi) is 5.03. The molecule has 16 heavy (non-hydrogen) atoms. The zero-order valence-corrected chi connectivity index (χ0v) is 10.4. The molecule has 0 aliphatic heterocycles. The number of carbonyl (C=O) groups excluding carboxylic acids is 1. The average Bonchev–Trinajstić information content (AvgIpc) is 2.31. The van der Waals surface area contributed by atoms with Gasteiger partial charge in [0.15, 0.2) is 0 Å². The van der Waals surface area contributed by atoms with Crippen molar-refractivity contribution in [2.75, 3.05) is 5.32 Å². The molecular weight excluding hydrogens is 198 g/mol. The Morgan fingerprint density at radius 3 is 2.38 bits per heavy atom. The highest BCUT2D eigenvalue weighted by molar-refractivity contribution is 5.92. The van der Waals surface area contributed by atoms with E-state index in [2.05, 4.69) is 24.4 Å². The number of hydrogen-bond donors (Lipinski definition) is 1. The van der Waals surface area contributed by atoms with E-state index in [4.69, 9.17) is 0 Å². The van der Waals surface area contributed by atoms with Gasteiger partial charge in [0.25, 0.3) is 0 Å². The standard InChI is InChI=1S/C14H21NO/c1-4-6-12-7-9-13(10-8-12)15-14(16)11(3)5-2/h7-11H,4-6H2,1-3H3,(H,15,16). The second-order valence-corrected chi connectivity index (χ2v) is 4.25. The molecule has 0 radical (unpaired) electrons. The van der Waals surface area contributed by atoms with Crippen molar-refractivity contribution in [2.45, 2.75) is 40.0 Å². The van der Waals surface area contributed by atoms with E-state index < -0.39 is 0 Å². The van der Waals surface area contributed by atoms with Gasteiger partial charge in [0.2, 0.25) is 5.91 Å². The summed E-state index contributed by atoms with van der Waals surface area (Å²) in [4.78, 5) is 11.6. The number of rotatable bonds is 5. The van der Waals surface area contributed by atoms with Gasteiger partial charge >= 0.3 is 0 Å². The highest BCUT2D eigenvalue weighted by Gasteiger charge is 2.09. The minimum atomic E-state index is 0.0790. The number of anilines is 1. The van der Waals surface area contributed by atoms with E-state index in [9.17, 15) is 4.79 Å². The lowest BCUT2D eigenvalue weighted by molar-refractivity contribution is -0.119. The van der Waals surface area contributed by atoms with Gasteiger partial charge in [-0.1, -0.05) is 39.3 Å². The Morgan fingerprint density at radius 1 is 1.25 bits per heavy atom. The first-order chi connectivity index (χ1) is 7.67. The molecule has 0 bridgehead atoms. The van der Waals surface area contributed by atoms with E-state index in [1.54, 1.807) is 0 Å². The SMILES string of the molecule is CCCc1ccc(NC(=O)C(C)CC)cc1. The van der Waals surface area contributed by atoms with Crippen LogP contribution in [0.3, 0.4) is 0 Å². The third kappa shape index (κ3) is 3.69. The summed E-state index contributed by atoms with van der Waals surface area (Å²) in [5.74, 6) is 0.182. The van der Waals surface area contributed by atoms with Gasteiger partial charge in [-0.25, -0.2) is 0 Å². The van der Waals surface area contributed by atoms with E-state index >= 15 is 0 Å². The molecule has 1 aromatic carbocycles. The van der Waals surface area contributed by atoms with Gasteiger partial charge in [-0.15, -0.1) is 0 Å². The summed E-state index contributed by atoms with van der Waals surface area (Å²) in [5.41, 5.74) is 2.22. The minimum Gasteiger partial charge on any atom is -0.326 e. The second-order valence-electron chi connectivity index (χ2n) is 4.25. The first kappa shape index (κ1) is 12.8. The lowest BCUT2D eigenvalue weighted by atomic mass is 10.1. The minimum absolute atomic E-state index is 0.0790. The molecule has 0 heterocycles. The van der Waals surface area contributed by atoms with Gasteiger partial charge in [-0.2, -0.15) is 0 Å². The van der Waals surface area contributed by atoms with Crippen molar-refractivity contribution in [2.24, 2.45) is 5.92 Å². The highest BCUT2D eigenvalue weighted by Crippen LogP contribution is 2.13. The molecule has 1 N–H and O–H groups in total. The van der Waals surface area contributed by atoms with Crippen LogP contribution in [0.2, 0.25) is 0 Å². The zero-order valence-electron chi connectivity index (χ0n) is 10.4. The Morgan fingerprint density at radius 2 is 1.88 bits per heavy atom. The molecule has 1 amide bonds. The van der Waals surface area contributed by atoms with Crippen molar-refractivity contribution in [3.63, 3.8) is 0 Å². The maximum absolute atomic E-state index is 11.6. The first-order valence-corrected chi connectivity index (χ1v) is 6.07. The quantitative estimate of drug-likeness (QED) is 0.805. The summed E-state index contributed by atoms with van der Waals surface area (Å²) >= 11 is 0. The molecule has 88 valence electrons. The predicted octanol–water partition coefficient (Wildman–Crippen LogP) is 3.62. The van der Waals surface area contributed by atoms with Crippen LogP contribution in [0.25, 0.3) is 0 Å². The maximum Gasteiger partial charge on any atom is 0.227 e. The maximum atomic E-state index is 11.6. The number of hydrogen-bond acceptors (Lipinski definition) is 1. The summed E-state index contributed by atoms with van der Waals surface area (Å²) in [6.45, 7) is 6.13. The number of carbonyl (C=O) groups is 1. The van der Waals surface area contributed by atoms with Crippen LogP contribution in [-0.2, 0) is 11.2 Å². The van der Waals surface area contributed by atoms with Crippen LogP contribution in [0.4, 0.5) is 5.69 Å². The van der Waals surface area contributed by atoms with Crippen LogP contribution in [0, 0.1) is 5.92 Å². The lowest BCUT2D eigenvalue weighted by Gasteiger charge is -2.10. The third-order valence-corrected chi connectivity index (χ3v) is 2.82. The lowest BCUT2D eigenvalue weighted by Crippen LogP contribution is -2.19. The zero-order chi connectivity index (χ0) is 12.0. The fourth-order valence-electron chi connectivity index (χ4n) is 1.49. The smallest absolute Gasteiger partial charge is 0.227 e. The summed E-state index contributed by atoms with van der Waals surface area (Å²) in [5, 5.41) is 2.92. The molecule has 2 heteroatoms. The Bertz CT molecular complexity index is 329. The van der Waals surface area contributed by atoms with Crippen molar-refractivity contribution in [3.8, 4) is 0 Å². The van der Waals surface area contributed by atoms with Crippen LogP contribution < -0.4 is 5.32 Å². The predicted molar refractivity (Wildman–Crippen MR) is 68.5 cm³/mol. The number of nitrogens with one attached hydrogen (secondary N) is 1. The van der Waals surface area contributed by atoms with E-state index in [1.165, 1.54) is 5.56 Å². The molecule has 0 aliphatic rings. The van der Waals surface area contributed by atoms with Crippen LogP contribution >= 0.6 is 0 Å². The molecule has 1 aromatic rings. The summed E-state index contributed by atoms with van der Waals surface area (Å²) in [7, 11) is 0. The third-order valence-electron chi connectivity index (χ3n) is 2.82. The molecule has 0 saturated heterocycles. The Balaban J connectivity index is 2.58. The van der Waals surface area contributed by atoms with Gasteiger partial charge in [0.05, 0.1) is 0 Å². The molecule has 1 atom stereocenters. The molecule has 1 rings (SSSR count).